The summed E-state index contributed by atoms with van der Waals surface area (Å²) < 4.78 is 10.2. The Bertz CT molecular complexity index is 159. The maximum Gasteiger partial charge on any atom is 0.314 e. The molecule has 1 aliphatic heterocycles. The molecule has 0 N–H and O–H groups in total. The zero-order valence-electron chi connectivity index (χ0n) is 7.76. The number of hydrogen-bond donors (Lipinski definition) is 0. The lowest BCUT2D eigenvalue weighted by molar-refractivity contribution is -0.155. The molecule has 1 atom stereocenters. The lowest BCUT2D eigenvalue weighted by Crippen LogP contribution is -2.32. The second kappa shape index (κ2) is 3.90. The molecule has 1 rings (SSSR count). The van der Waals surface area contributed by atoms with E-state index in [0.717, 1.165) is 12.8 Å². The second-order valence-electron chi connectivity index (χ2n) is 3.16. The molecule has 70 valence electrons. The van der Waals surface area contributed by atoms with E-state index in [-0.39, 0.29) is 11.4 Å². The molecule has 1 saturated heterocycles. The van der Waals surface area contributed by atoms with Crippen molar-refractivity contribution in [1.82, 2.24) is 0 Å². The van der Waals surface area contributed by atoms with Crippen molar-refractivity contribution in [3.63, 3.8) is 0 Å². The summed E-state index contributed by atoms with van der Waals surface area (Å²) in [4.78, 5) is 11.5. The van der Waals surface area contributed by atoms with Crippen LogP contribution in [0.4, 0.5) is 0 Å². The van der Waals surface area contributed by atoms with Gasteiger partial charge in [-0.2, -0.15) is 0 Å². The van der Waals surface area contributed by atoms with Crippen molar-refractivity contribution in [2.45, 2.75) is 26.7 Å². The predicted octanol–water partition coefficient (Wildman–Crippen LogP) is 1.37. The molecule has 0 aromatic heterocycles. The minimum Gasteiger partial charge on any atom is -0.465 e. The zero-order chi connectivity index (χ0) is 9.03. The highest BCUT2D eigenvalue weighted by Gasteiger charge is 2.41. The highest BCUT2D eigenvalue weighted by atomic mass is 16.5. The Morgan fingerprint density at radius 1 is 1.58 bits per heavy atom. The third-order valence-corrected chi connectivity index (χ3v) is 2.49. The zero-order valence-corrected chi connectivity index (χ0v) is 7.76. The van der Waals surface area contributed by atoms with E-state index in [1.54, 1.807) is 0 Å². The van der Waals surface area contributed by atoms with Crippen LogP contribution < -0.4 is 0 Å². The molecule has 0 aliphatic carbocycles. The molecule has 0 amide bonds. The summed E-state index contributed by atoms with van der Waals surface area (Å²) in [7, 11) is 0. The Balaban J connectivity index is 2.59. The molecule has 0 aromatic rings. The molecule has 12 heavy (non-hydrogen) atoms. The molecule has 0 saturated carbocycles. The van der Waals surface area contributed by atoms with Gasteiger partial charge in [-0.25, -0.2) is 0 Å². The largest absolute Gasteiger partial charge is 0.465 e. The first-order chi connectivity index (χ1) is 5.75. The van der Waals surface area contributed by atoms with Gasteiger partial charge in [0.15, 0.2) is 0 Å². The molecular formula is C9H16O3. The van der Waals surface area contributed by atoms with E-state index in [1.165, 1.54) is 0 Å². The van der Waals surface area contributed by atoms with Gasteiger partial charge >= 0.3 is 5.97 Å². The first kappa shape index (κ1) is 9.52. The maximum atomic E-state index is 11.5. The monoisotopic (exact) mass is 172 g/mol. The normalized spacial score (nSPS) is 28.8. The summed E-state index contributed by atoms with van der Waals surface area (Å²) in [6, 6.07) is 0. The van der Waals surface area contributed by atoms with Crippen LogP contribution in [0.5, 0.6) is 0 Å². The smallest absolute Gasteiger partial charge is 0.314 e. The third-order valence-electron chi connectivity index (χ3n) is 2.49. The van der Waals surface area contributed by atoms with Crippen LogP contribution in [-0.4, -0.2) is 25.8 Å². The molecule has 0 spiro atoms. The van der Waals surface area contributed by atoms with Gasteiger partial charge in [-0.3, -0.25) is 4.79 Å². The first-order valence-electron chi connectivity index (χ1n) is 4.50. The summed E-state index contributed by atoms with van der Waals surface area (Å²) in [6.07, 6.45) is 1.62. The fraction of sp³-hybridized carbons (Fsp3) is 0.889. The van der Waals surface area contributed by atoms with Crippen molar-refractivity contribution in [2.24, 2.45) is 5.41 Å². The number of ether oxygens (including phenoxy) is 2. The summed E-state index contributed by atoms with van der Waals surface area (Å²) in [5.74, 6) is -0.0926. The van der Waals surface area contributed by atoms with Crippen molar-refractivity contribution >= 4 is 5.97 Å². The maximum absolute atomic E-state index is 11.5. The molecular weight excluding hydrogens is 156 g/mol. The topological polar surface area (TPSA) is 35.5 Å². The minimum absolute atomic E-state index is 0.0926. The predicted molar refractivity (Wildman–Crippen MR) is 44.8 cm³/mol. The van der Waals surface area contributed by atoms with Gasteiger partial charge in [-0.05, 0) is 19.8 Å². The molecule has 0 aromatic carbocycles. The van der Waals surface area contributed by atoms with E-state index >= 15 is 0 Å². The molecule has 1 unspecified atom stereocenters. The first-order valence-corrected chi connectivity index (χ1v) is 4.50. The lowest BCUT2D eigenvalue weighted by Gasteiger charge is -2.22. The van der Waals surface area contributed by atoms with Crippen LogP contribution in [0.15, 0.2) is 0 Å². The van der Waals surface area contributed by atoms with E-state index in [4.69, 9.17) is 9.47 Å². The molecule has 1 fully saturated rings. The second-order valence-corrected chi connectivity index (χ2v) is 3.16. The van der Waals surface area contributed by atoms with Crippen LogP contribution in [-0.2, 0) is 14.3 Å². The van der Waals surface area contributed by atoms with E-state index in [0.29, 0.717) is 19.8 Å². The van der Waals surface area contributed by atoms with Gasteiger partial charge in [0.2, 0.25) is 0 Å². The fourth-order valence-electron chi connectivity index (χ4n) is 1.48. The molecule has 1 heterocycles. The van der Waals surface area contributed by atoms with Crippen LogP contribution in [0.2, 0.25) is 0 Å². The number of hydrogen-bond acceptors (Lipinski definition) is 3. The highest BCUT2D eigenvalue weighted by Crippen LogP contribution is 2.33. The summed E-state index contributed by atoms with van der Waals surface area (Å²) in [5, 5.41) is 0. The van der Waals surface area contributed by atoms with Crippen molar-refractivity contribution < 1.29 is 14.3 Å². The SMILES string of the molecule is CCOC(=O)C1(CC)CCOC1. The van der Waals surface area contributed by atoms with Crippen LogP contribution in [0.1, 0.15) is 26.7 Å². The Hall–Kier alpha value is -0.570. The standard InChI is InChI=1S/C9H16O3/c1-3-9(5-6-11-7-9)8(10)12-4-2/h3-7H2,1-2H3. The Morgan fingerprint density at radius 2 is 2.33 bits per heavy atom. The van der Waals surface area contributed by atoms with E-state index in [2.05, 4.69) is 0 Å². The van der Waals surface area contributed by atoms with Gasteiger partial charge < -0.3 is 9.47 Å². The third kappa shape index (κ3) is 1.61. The van der Waals surface area contributed by atoms with Gasteiger partial charge in [0.1, 0.15) is 0 Å². The number of rotatable bonds is 3. The molecule has 1 aliphatic rings. The number of esters is 1. The fourth-order valence-corrected chi connectivity index (χ4v) is 1.48. The van der Waals surface area contributed by atoms with Crippen LogP contribution in [0.3, 0.4) is 0 Å². The summed E-state index contributed by atoms with van der Waals surface area (Å²) in [5.41, 5.74) is -0.337. The quantitative estimate of drug-likeness (QED) is 0.603. The Kier molecular flexibility index (Phi) is 3.09. The van der Waals surface area contributed by atoms with Gasteiger partial charge in [0.25, 0.3) is 0 Å². The van der Waals surface area contributed by atoms with Gasteiger partial charge in [-0.15, -0.1) is 0 Å². The van der Waals surface area contributed by atoms with Crippen molar-refractivity contribution in [3.8, 4) is 0 Å². The molecule has 0 radical (unpaired) electrons. The van der Waals surface area contributed by atoms with Crippen molar-refractivity contribution in [2.75, 3.05) is 19.8 Å². The average molecular weight is 172 g/mol. The minimum atomic E-state index is -0.337. The number of carbonyl (C=O) groups excluding carboxylic acids is 1. The number of carbonyl (C=O) groups is 1. The van der Waals surface area contributed by atoms with Crippen LogP contribution in [0, 0.1) is 5.41 Å². The highest BCUT2D eigenvalue weighted by molar-refractivity contribution is 5.77. The van der Waals surface area contributed by atoms with Crippen LogP contribution >= 0.6 is 0 Å². The van der Waals surface area contributed by atoms with E-state index < -0.39 is 0 Å². The molecule has 3 heteroatoms. The van der Waals surface area contributed by atoms with E-state index in [1.807, 2.05) is 13.8 Å². The van der Waals surface area contributed by atoms with Crippen molar-refractivity contribution in [1.29, 1.82) is 0 Å². The summed E-state index contributed by atoms with van der Waals surface area (Å²) in [6.45, 7) is 5.51. The summed E-state index contributed by atoms with van der Waals surface area (Å²) >= 11 is 0. The van der Waals surface area contributed by atoms with Crippen LogP contribution in [0.25, 0.3) is 0 Å². The molecule has 3 nitrogen and oxygen atoms in total. The lowest BCUT2D eigenvalue weighted by atomic mass is 9.85. The van der Waals surface area contributed by atoms with Gasteiger partial charge in [0.05, 0.1) is 18.6 Å². The van der Waals surface area contributed by atoms with E-state index in [9.17, 15) is 4.79 Å². The molecule has 0 bridgehead atoms. The Labute approximate surface area is 73.0 Å². The van der Waals surface area contributed by atoms with Crippen molar-refractivity contribution in [3.05, 3.63) is 0 Å². The van der Waals surface area contributed by atoms with Gasteiger partial charge in [0, 0.05) is 6.61 Å². The van der Waals surface area contributed by atoms with Gasteiger partial charge in [-0.1, -0.05) is 6.92 Å². The Morgan fingerprint density at radius 3 is 2.75 bits per heavy atom. The average Bonchev–Trinajstić information content (AvgIpc) is 2.54.